The van der Waals surface area contributed by atoms with Crippen LogP contribution in [-0.4, -0.2) is 4.97 Å². The summed E-state index contributed by atoms with van der Waals surface area (Å²) in [7, 11) is 0. The highest BCUT2D eigenvalue weighted by molar-refractivity contribution is 3.76. The molecule has 4 nitrogen and oxygen atoms in total. The number of hydrazine groups is 1. The number of hydrogen-bond donors (Lipinski definition) is 2. The molecule has 0 amide bonds. The first-order chi connectivity index (χ1) is 1.73. The quantitative estimate of drug-likeness (QED) is 0.170. The second-order valence-corrected chi connectivity index (χ2v) is 0.326. The molecule has 0 fully saturated rings. The van der Waals surface area contributed by atoms with Crippen LogP contribution >= 0.6 is 0 Å². The van der Waals surface area contributed by atoms with Gasteiger partial charge in [0.15, 0.2) is 0 Å². The molecule has 0 aliphatic heterocycles. The highest BCUT2D eigenvalue weighted by Crippen LogP contribution is 1.30. The number of nitrogens with zero attached hydrogens (tertiary/aromatic N) is 1. The van der Waals surface area contributed by atoms with E-state index in [1.165, 1.54) is 0 Å². The highest BCUT2D eigenvalue weighted by atomic mass is 16.5. The Balaban J connectivity index is 2.80. The van der Waals surface area contributed by atoms with E-state index in [0.29, 0.717) is 0 Å². The molecule has 0 aromatic carbocycles. The largest absolute Gasteiger partial charge is 0.572 e. The van der Waals surface area contributed by atoms with E-state index in [4.69, 9.17) is 10.7 Å². The van der Waals surface area contributed by atoms with Gasteiger partial charge in [0, 0.05) is 4.97 Å². The maximum atomic E-state index is 8.81. The Bertz CT molecular complexity index is 26.3. The van der Waals surface area contributed by atoms with Crippen LogP contribution in [0.3, 0.4) is 0 Å². The fraction of sp³-hybridized carbons (Fsp3) is 0. The van der Waals surface area contributed by atoms with E-state index >= 15 is 0 Å². The third kappa shape index (κ3) is 0.0750. The van der Waals surface area contributed by atoms with Crippen LogP contribution in [0.15, 0.2) is 0 Å². The van der Waals surface area contributed by atoms with Crippen LogP contribution in [0.4, 0.5) is 0 Å². The molecule has 4 heteroatoms. The zero-order chi connectivity index (χ0) is 3.58. The van der Waals surface area contributed by atoms with Gasteiger partial charge in [-0.05, 0) is 5.53 Å². The van der Waals surface area contributed by atoms with Crippen LogP contribution in [0.5, 0.6) is 0 Å². The van der Waals surface area contributed by atoms with Gasteiger partial charge in [-0.25, -0.2) is 0 Å². The number of hydrogen-bond acceptors (Lipinski definition) is 2. The Labute approximate surface area is 22.9 Å². The molecule has 0 bridgehead atoms. The van der Waals surface area contributed by atoms with Gasteiger partial charge in [-0.15, -0.1) is 0 Å². The van der Waals surface area contributed by atoms with Crippen LogP contribution in [-0.2, 0) is 0 Å². The van der Waals surface area contributed by atoms with Crippen molar-refractivity contribution in [2.45, 2.75) is 0 Å². The maximum absolute atomic E-state index is 8.81. The molecule has 0 aromatic rings. The molecule has 3 N–H and O–H groups in total. The molecule has 0 saturated heterocycles. The molecule has 0 radical (unpaired) electrons. The van der Waals surface area contributed by atoms with Crippen LogP contribution < -0.4 is 5.84 Å². The summed E-state index contributed by atoms with van der Waals surface area (Å²) in [5.41, 5.74) is 5.64. The predicted molar refractivity (Wildman–Crippen MR) is 10.5 cm³/mol. The first-order valence-electron chi connectivity index (χ1n) is 0.664. The first-order valence-corrected chi connectivity index (χ1v) is 0.664. The molecule has 0 heterocycles. The topological polar surface area (TPSA) is 75.9 Å². The average Bonchev–Trinajstić information content (AvgIpc) is 0.811. The SMILES string of the molecule is N=[N+](N)[O-]. The summed E-state index contributed by atoms with van der Waals surface area (Å²) in [6.07, 6.45) is 0. The van der Waals surface area contributed by atoms with Crippen molar-refractivity contribution in [1.29, 1.82) is 5.53 Å². The monoisotopic (exact) mass is 61.0 g/mol. The minimum atomic E-state index is -0.500. The summed E-state index contributed by atoms with van der Waals surface area (Å²) in [5.74, 6) is 4.06. The van der Waals surface area contributed by atoms with Gasteiger partial charge in [0.1, 0.15) is 0 Å². The van der Waals surface area contributed by atoms with Crippen molar-refractivity contribution in [2.75, 3.05) is 0 Å². The molecule has 4 heavy (non-hydrogen) atoms. The summed E-state index contributed by atoms with van der Waals surface area (Å²) in [6, 6.07) is 0. The Morgan fingerprint density at radius 2 is 2.00 bits per heavy atom. The van der Waals surface area contributed by atoms with Crippen molar-refractivity contribution in [3.8, 4) is 0 Å². The molecule has 0 aliphatic rings. The minimum Gasteiger partial charge on any atom is -0.572 e. The number of nitrogens with two attached hydrogens (primary N) is 1. The van der Waals surface area contributed by atoms with Gasteiger partial charge in [-0.1, -0.05) is 0 Å². The van der Waals surface area contributed by atoms with Crippen LogP contribution in [0.2, 0.25) is 0 Å². The van der Waals surface area contributed by atoms with Crippen LogP contribution in [0.25, 0.3) is 0 Å². The van der Waals surface area contributed by atoms with E-state index in [1.54, 1.807) is 0 Å². The molecule has 0 aromatic heterocycles. The lowest BCUT2D eigenvalue weighted by Crippen LogP contribution is -2.04. The molecule has 0 rings (SSSR count). The van der Waals surface area contributed by atoms with Crippen LogP contribution in [0, 0.1) is 10.7 Å². The van der Waals surface area contributed by atoms with E-state index in [0.717, 1.165) is 0 Å². The molecular weight excluding hydrogens is 58.0 g/mol. The van der Waals surface area contributed by atoms with Crippen molar-refractivity contribution < 1.29 is 4.97 Å². The number of nitrogens with one attached hydrogen (secondary N) is 1. The summed E-state index contributed by atoms with van der Waals surface area (Å²) in [5, 5.41) is 8.81. The Morgan fingerprint density at radius 3 is 2.00 bits per heavy atom. The zero-order valence-electron chi connectivity index (χ0n) is 1.93. The zero-order valence-corrected chi connectivity index (χ0v) is 1.93. The first kappa shape index (κ1) is 3.20. The van der Waals surface area contributed by atoms with Crippen molar-refractivity contribution in [3.63, 3.8) is 0 Å². The predicted octanol–water partition coefficient (Wildman–Crippen LogP) is -0.599. The summed E-state index contributed by atoms with van der Waals surface area (Å²) in [4.78, 5) is -0.500. The fourth-order valence-electron chi connectivity index (χ4n) is 0. The van der Waals surface area contributed by atoms with Gasteiger partial charge in [-0.2, -0.15) is 5.84 Å². The standard InChI is InChI=1S/H3N3O/c1-3(2)4/h(H3,1,2). The van der Waals surface area contributed by atoms with E-state index in [-0.39, 0.29) is 0 Å². The smallest absolute Gasteiger partial charge is 0.0254 e. The normalized spacial score (nSPS) is 6.00. The third-order valence-corrected chi connectivity index (χ3v) is 0. The van der Waals surface area contributed by atoms with E-state index in [9.17, 15) is 0 Å². The van der Waals surface area contributed by atoms with E-state index in [1.807, 2.05) is 0 Å². The Hall–Kier alpha value is -0.800. The van der Waals surface area contributed by atoms with Gasteiger partial charge in [0.2, 0.25) is 0 Å². The van der Waals surface area contributed by atoms with Crippen LogP contribution in [0.1, 0.15) is 0 Å². The fourth-order valence-corrected chi connectivity index (χ4v) is 0. The second kappa shape index (κ2) is 0.655. The van der Waals surface area contributed by atoms with Crippen molar-refractivity contribution in [1.82, 2.24) is 0 Å². The summed E-state index contributed by atoms with van der Waals surface area (Å²) < 4.78 is 0. The van der Waals surface area contributed by atoms with Gasteiger partial charge in [0.25, 0.3) is 0 Å². The highest BCUT2D eigenvalue weighted by Gasteiger charge is 1.47. The lowest BCUT2D eigenvalue weighted by molar-refractivity contribution is -0.563. The van der Waals surface area contributed by atoms with Gasteiger partial charge in [0.05, 0.1) is 0 Å². The van der Waals surface area contributed by atoms with E-state index in [2.05, 4.69) is 5.84 Å². The molecule has 0 saturated carbocycles. The molecular formula is H3N3O. The number of rotatable bonds is 0. The molecule has 0 unspecified atom stereocenters. The van der Waals surface area contributed by atoms with Crippen molar-refractivity contribution in [2.24, 2.45) is 5.84 Å². The minimum absolute atomic E-state index is 0.500. The average molecular weight is 61.0 g/mol. The van der Waals surface area contributed by atoms with Crippen molar-refractivity contribution in [3.05, 3.63) is 5.21 Å². The van der Waals surface area contributed by atoms with Gasteiger partial charge < -0.3 is 5.21 Å². The third-order valence-electron chi connectivity index (χ3n) is 0. The Kier molecular flexibility index (Phi) is 0.524. The molecule has 0 aliphatic carbocycles. The second-order valence-electron chi connectivity index (χ2n) is 0.326. The Morgan fingerprint density at radius 1 is 2.00 bits per heavy atom. The lowest BCUT2D eigenvalue weighted by atomic mass is 12.6. The molecule has 24 valence electrons. The molecule has 0 spiro atoms. The van der Waals surface area contributed by atoms with E-state index < -0.39 is 4.97 Å². The van der Waals surface area contributed by atoms with Crippen molar-refractivity contribution >= 4 is 0 Å². The maximum Gasteiger partial charge on any atom is 0.0254 e. The lowest BCUT2D eigenvalue weighted by Gasteiger charge is -1.75. The van der Waals surface area contributed by atoms with Gasteiger partial charge in [-0.3, -0.25) is 0 Å². The van der Waals surface area contributed by atoms with Gasteiger partial charge >= 0.3 is 0 Å². The summed E-state index contributed by atoms with van der Waals surface area (Å²) >= 11 is 0. The summed E-state index contributed by atoms with van der Waals surface area (Å²) in [6.45, 7) is 0. The molecule has 0 atom stereocenters.